The van der Waals surface area contributed by atoms with Crippen molar-refractivity contribution in [1.82, 2.24) is 9.97 Å². The van der Waals surface area contributed by atoms with E-state index < -0.39 is 0 Å². The van der Waals surface area contributed by atoms with Crippen LogP contribution in [0.1, 0.15) is 0 Å². The van der Waals surface area contributed by atoms with Crippen LogP contribution in [0.3, 0.4) is 0 Å². The maximum atomic E-state index is 6.03. The summed E-state index contributed by atoms with van der Waals surface area (Å²) in [6.07, 6.45) is 0. The normalized spacial score (nSPS) is 10.5. The van der Waals surface area contributed by atoms with E-state index in [1.165, 1.54) is 0 Å². The first-order chi connectivity index (χ1) is 7.59. The molecule has 2 nitrogen and oxygen atoms in total. The zero-order chi connectivity index (χ0) is 11.7. The summed E-state index contributed by atoms with van der Waals surface area (Å²) < 4.78 is 0.478. The lowest BCUT2D eigenvalue weighted by molar-refractivity contribution is 1.16. The molecule has 0 saturated heterocycles. The standard InChI is InChI=1S/C10H4BrCl3N2/c11-7-8(13)15-10(16-9(7)14)5-3-1-2-4-6(5)12/h1-4H. The van der Waals surface area contributed by atoms with Crippen LogP contribution in [-0.2, 0) is 0 Å². The number of benzene rings is 1. The molecule has 0 atom stereocenters. The Labute approximate surface area is 116 Å². The molecule has 0 saturated carbocycles. The quantitative estimate of drug-likeness (QED) is 0.694. The average Bonchev–Trinajstić information content (AvgIpc) is 2.26. The van der Waals surface area contributed by atoms with Gasteiger partial charge in [-0.05, 0) is 28.1 Å². The molecule has 16 heavy (non-hydrogen) atoms. The van der Waals surface area contributed by atoms with Gasteiger partial charge in [-0.2, -0.15) is 0 Å². The molecule has 1 heterocycles. The molecule has 1 aromatic heterocycles. The Balaban J connectivity index is 2.62. The summed E-state index contributed by atoms with van der Waals surface area (Å²) in [7, 11) is 0. The summed E-state index contributed by atoms with van der Waals surface area (Å²) in [6, 6.07) is 7.23. The third-order valence-corrected chi connectivity index (χ3v) is 3.97. The Kier molecular flexibility index (Phi) is 3.70. The van der Waals surface area contributed by atoms with Crippen molar-refractivity contribution in [3.63, 3.8) is 0 Å². The molecule has 6 heteroatoms. The Morgan fingerprint density at radius 2 is 1.50 bits per heavy atom. The summed E-state index contributed by atoms with van der Waals surface area (Å²) in [5, 5.41) is 1.07. The molecule has 0 aliphatic rings. The molecular weight excluding hydrogens is 334 g/mol. The fourth-order valence-corrected chi connectivity index (χ4v) is 1.94. The van der Waals surface area contributed by atoms with Crippen molar-refractivity contribution in [2.24, 2.45) is 0 Å². The van der Waals surface area contributed by atoms with Crippen molar-refractivity contribution in [3.8, 4) is 11.4 Å². The van der Waals surface area contributed by atoms with Crippen LogP contribution in [0.4, 0.5) is 0 Å². The molecule has 0 amide bonds. The minimum Gasteiger partial charge on any atom is -0.215 e. The van der Waals surface area contributed by atoms with Crippen molar-refractivity contribution in [1.29, 1.82) is 0 Å². The molecular formula is C10H4BrCl3N2. The number of aromatic nitrogens is 2. The van der Waals surface area contributed by atoms with Crippen molar-refractivity contribution in [2.75, 3.05) is 0 Å². The topological polar surface area (TPSA) is 25.8 Å². The second kappa shape index (κ2) is 4.88. The Hall–Kier alpha value is -0.350. The summed E-state index contributed by atoms with van der Waals surface area (Å²) in [4.78, 5) is 8.21. The van der Waals surface area contributed by atoms with Gasteiger partial charge in [-0.3, -0.25) is 0 Å². The van der Waals surface area contributed by atoms with Crippen LogP contribution in [0, 0.1) is 0 Å². The third kappa shape index (κ3) is 2.33. The second-order valence-corrected chi connectivity index (χ2v) is 4.84. The lowest BCUT2D eigenvalue weighted by Crippen LogP contribution is -1.92. The van der Waals surface area contributed by atoms with Crippen molar-refractivity contribution in [2.45, 2.75) is 0 Å². The number of nitrogens with zero attached hydrogens (tertiary/aromatic N) is 2. The number of halogens is 4. The number of hydrogen-bond donors (Lipinski definition) is 0. The van der Waals surface area contributed by atoms with E-state index in [2.05, 4.69) is 25.9 Å². The highest BCUT2D eigenvalue weighted by Crippen LogP contribution is 2.32. The summed E-state index contributed by atoms with van der Waals surface area (Å²) in [6.45, 7) is 0. The minimum absolute atomic E-state index is 0.259. The maximum Gasteiger partial charge on any atom is 0.164 e. The van der Waals surface area contributed by atoms with E-state index in [1.54, 1.807) is 12.1 Å². The van der Waals surface area contributed by atoms with Crippen molar-refractivity contribution < 1.29 is 0 Å². The summed E-state index contributed by atoms with van der Waals surface area (Å²) in [5.41, 5.74) is 0.695. The zero-order valence-corrected chi connectivity index (χ0v) is 11.6. The van der Waals surface area contributed by atoms with E-state index in [4.69, 9.17) is 34.8 Å². The molecule has 0 N–H and O–H groups in total. The molecule has 2 aromatic rings. The van der Waals surface area contributed by atoms with E-state index >= 15 is 0 Å². The highest BCUT2D eigenvalue weighted by atomic mass is 79.9. The smallest absolute Gasteiger partial charge is 0.164 e. The van der Waals surface area contributed by atoms with Gasteiger partial charge in [0.05, 0.1) is 9.50 Å². The van der Waals surface area contributed by atoms with Gasteiger partial charge in [0.1, 0.15) is 10.3 Å². The maximum absolute atomic E-state index is 6.03. The monoisotopic (exact) mass is 336 g/mol. The van der Waals surface area contributed by atoms with Crippen LogP contribution in [0.15, 0.2) is 28.7 Å². The fourth-order valence-electron chi connectivity index (χ4n) is 1.16. The van der Waals surface area contributed by atoms with Crippen LogP contribution in [0.2, 0.25) is 15.3 Å². The van der Waals surface area contributed by atoms with Gasteiger partial charge < -0.3 is 0 Å². The largest absolute Gasteiger partial charge is 0.215 e. The number of rotatable bonds is 1. The molecule has 1 aromatic carbocycles. The molecule has 0 radical (unpaired) electrons. The van der Waals surface area contributed by atoms with Gasteiger partial charge in [-0.1, -0.05) is 46.9 Å². The predicted octanol–water partition coefficient (Wildman–Crippen LogP) is 4.87. The summed E-state index contributed by atoms with van der Waals surface area (Å²) in [5.74, 6) is 0.406. The van der Waals surface area contributed by atoms with E-state index in [9.17, 15) is 0 Å². The molecule has 82 valence electrons. The molecule has 0 fully saturated rings. The third-order valence-electron chi connectivity index (χ3n) is 1.89. The molecule has 0 spiro atoms. The predicted molar refractivity (Wildman–Crippen MR) is 70.2 cm³/mol. The molecule has 0 unspecified atom stereocenters. The van der Waals surface area contributed by atoms with Crippen LogP contribution in [-0.4, -0.2) is 9.97 Å². The fraction of sp³-hybridized carbons (Fsp3) is 0. The molecule has 0 aliphatic carbocycles. The van der Waals surface area contributed by atoms with Crippen molar-refractivity contribution in [3.05, 3.63) is 44.1 Å². The van der Waals surface area contributed by atoms with Crippen LogP contribution in [0.25, 0.3) is 11.4 Å². The molecule has 0 aliphatic heterocycles. The van der Waals surface area contributed by atoms with Gasteiger partial charge in [0.25, 0.3) is 0 Å². The minimum atomic E-state index is 0.259. The van der Waals surface area contributed by atoms with Crippen LogP contribution >= 0.6 is 50.7 Å². The molecule has 0 bridgehead atoms. The lowest BCUT2D eigenvalue weighted by Gasteiger charge is -2.05. The Morgan fingerprint density at radius 3 is 2.06 bits per heavy atom. The first kappa shape index (κ1) is 12.1. The SMILES string of the molecule is Clc1ccccc1-c1nc(Cl)c(Br)c(Cl)n1. The van der Waals surface area contributed by atoms with Gasteiger partial charge >= 0.3 is 0 Å². The van der Waals surface area contributed by atoms with E-state index in [0.29, 0.717) is 20.9 Å². The van der Waals surface area contributed by atoms with Gasteiger partial charge in [-0.25, -0.2) is 9.97 Å². The van der Waals surface area contributed by atoms with Gasteiger partial charge in [-0.15, -0.1) is 0 Å². The van der Waals surface area contributed by atoms with E-state index in [1.807, 2.05) is 12.1 Å². The van der Waals surface area contributed by atoms with E-state index in [-0.39, 0.29) is 10.3 Å². The average molecular weight is 338 g/mol. The van der Waals surface area contributed by atoms with Gasteiger partial charge in [0.2, 0.25) is 0 Å². The second-order valence-electron chi connectivity index (χ2n) is 2.92. The first-order valence-electron chi connectivity index (χ1n) is 4.23. The number of hydrogen-bond acceptors (Lipinski definition) is 2. The van der Waals surface area contributed by atoms with Crippen LogP contribution in [0.5, 0.6) is 0 Å². The molecule has 2 rings (SSSR count). The highest BCUT2D eigenvalue weighted by Gasteiger charge is 2.12. The Morgan fingerprint density at radius 1 is 0.938 bits per heavy atom. The summed E-state index contributed by atoms with van der Waals surface area (Å²) >= 11 is 21.0. The Bertz CT molecular complexity index is 522. The van der Waals surface area contributed by atoms with Gasteiger partial charge in [0.15, 0.2) is 5.82 Å². The van der Waals surface area contributed by atoms with E-state index in [0.717, 1.165) is 0 Å². The zero-order valence-electron chi connectivity index (χ0n) is 7.72. The highest BCUT2D eigenvalue weighted by molar-refractivity contribution is 9.10. The lowest BCUT2D eigenvalue weighted by atomic mass is 10.2. The van der Waals surface area contributed by atoms with Crippen molar-refractivity contribution >= 4 is 50.7 Å². The first-order valence-corrected chi connectivity index (χ1v) is 6.15. The van der Waals surface area contributed by atoms with Gasteiger partial charge in [0, 0.05) is 5.56 Å². The van der Waals surface area contributed by atoms with Crippen LogP contribution < -0.4 is 0 Å².